The fourth-order valence-corrected chi connectivity index (χ4v) is 2.84. The Kier molecular flexibility index (Phi) is 4.69. The SMILES string of the molecule is Cc1ccnc2nc(C(=O)NC(C)Cc3ccc(Cl)cc3Cl)nn12. The maximum Gasteiger partial charge on any atom is 0.291 e. The molecule has 1 unspecified atom stereocenters. The highest BCUT2D eigenvalue weighted by Crippen LogP contribution is 2.22. The van der Waals surface area contributed by atoms with Gasteiger partial charge < -0.3 is 5.32 Å². The largest absolute Gasteiger partial charge is 0.346 e. The van der Waals surface area contributed by atoms with E-state index in [0.29, 0.717) is 22.2 Å². The van der Waals surface area contributed by atoms with Gasteiger partial charge in [0.1, 0.15) is 0 Å². The molecule has 0 spiro atoms. The molecule has 0 saturated heterocycles. The Morgan fingerprint density at radius 3 is 2.83 bits per heavy atom. The number of nitrogens with zero attached hydrogens (tertiary/aromatic N) is 4. The number of aromatic nitrogens is 4. The van der Waals surface area contributed by atoms with Crippen LogP contribution in [0, 0.1) is 6.92 Å². The number of aryl methyl sites for hydroxylation is 1. The van der Waals surface area contributed by atoms with Crippen molar-refractivity contribution in [2.75, 3.05) is 0 Å². The van der Waals surface area contributed by atoms with Gasteiger partial charge in [0, 0.05) is 28.0 Å². The first kappa shape index (κ1) is 16.7. The van der Waals surface area contributed by atoms with E-state index in [9.17, 15) is 4.79 Å². The first-order chi connectivity index (χ1) is 11.4. The predicted octanol–water partition coefficient (Wildman–Crippen LogP) is 3.10. The van der Waals surface area contributed by atoms with Crippen LogP contribution >= 0.6 is 23.2 Å². The minimum absolute atomic E-state index is 0.0888. The zero-order chi connectivity index (χ0) is 17.3. The van der Waals surface area contributed by atoms with Crippen molar-refractivity contribution in [1.29, 1.82) is 0 Å². The van der Waals surface area contributed by atoms with E-state index in [1.54, 1.807) is 24.4 Å². The van der Waals surface area contributed by atoms with Gasteiger partial charge in [0.25, 0.3) is 11.7 Å². The summed E-state index contributed by atoms with van der Waals surface area (Å²) >= 11 is 12.1. The molecule has 0 fully saturated rings. The van der Waals surface area contributed by atoms with Crippen molar-refractivity contribution >= 4 is 34.9 Å². The number of nitrogens with one attached hydrogen (secondary N) is 1. The van der Waals surface area contributed by atoms with E-state index in [1.165, 1.54) is 4.52 Å². The fourth-order valence-electron chi connectivity index (χ4n) is 2.36. The van der Waals surface area contributed by atoms with E-state index < -0.39 is 0 Å². The van der Waals surface area contributed by atoms with Gasteiger partial charge in [0.15, 0.2) is 0 Å². The van der Waals surface area contributed by atoms with E-state index in [0.717, 1.165) is 11.3 Å². The summed E-state index contributed by atoms with van der Waals surface area (Å²) in [6.07, 6.45) is 2.21. The van der Waals surface area contributed by atoms with E-state index in [4.69, 9.17) is 23.2 Å². The van der Waals surface area contributed by atoms with Gasteiger partial charge in [0.05, 0.1) is 0 Å². The Hall–Kier alpha value is -2.18. The second-order valence-electron chi connectivity index (χ2n) is 5.55. The number of rotatable bonds is 4. The van der Waals surface area contributed by atoms with Crippen molar-refractivity contribution in [3.05, 3.63) is 57.6 Å². The predicted molar refractivity (Wildman–Crippen MR) is 92.6 cm³/mol. The smallest absolute Gasteiger partial charge is 0.291 e. The van der Waals surface area contributed by atoms with Crippen LogP contribution in [0.5, 0.6) is 0 Å². The number of carbonyl (C=O) groups is 1. The molecule has 0 aliphatic rings. The van der Waals surface area contributed by atoms with Gasteiger partial charge in [-0.1, -0.05) is 29.3 Å². The summed E-state index contributed by atoms with van der Waals surface area (Å²) in [4.78, 5) is 20.6. The molecule has 0 aliphatic heterocycles. The molecule has 1 amide bonds. The maximum absolute atomic E-state index is 12.3. The van der Waals surface area contributed by atoms with Gasteiger partial charge >= 0.3 is 0 Å². The van der Waals surface area contributed by atoms with Crippen molar-refractivity contribution in [2.45, 2.75) is 26.3 Å². The minimum atomic E-state index is -0.350. The highest BCUT2D eigenvalue weighted by molar-refractivity contribution is 6.35. The van der Waals surface area contributed by atoms with Crippen molar-refractivity contribution in [3.63, 3.8) is 0 Å². The third-order valence-corrected chi connectivity index (χ3v) is 4.14. The summed E-state index contributed by atoms with van der Waals surface area (Å²) in [5.74, 6) is 0.136. The molecule has 3 rings (SSSR count). The highest BCUT2D eigenvalue weighted by Gasteiger charge is 2.17. The zero-order valence-electron chi connectivity index (χ0n) is 13.1. The van der Waals surface area contributed by atoms with Crippen LogP contribution in [0.25, 0.3) is 5.78 Å². The van der Waals surface area contributed by atoms with Crippen molar-refractivity contribution in [1.82, 2.24) is 24.9 Å². The average molecular weight is 364 g/mol. The molecule has 1 N–H and O–H groups in total. The van der Waals surface area contributed by atoms with Gasteiger partial charge in [0.2, 0.25) is 5.82 Å². The van der Waals surface area contributed by atoms with Crippen LogP contribution in [-0.2, 0) is 6.42 Å². The lowest BCUT2D eigenvalue weighted by Crippen LogP contribution is -2.34. The topological polar surface area (TPSA) is 72.2 Å². The lowest BCUT2D eigenvalue weighted by molar-refractivity contribution is 0.0930. The average Bonchev–Trinajstić information content (AvgIpc) is 2.96. The molecular weight excluding hydrogens is 349 g/mol. The third-order valence-electron chi connectivity index (χ3n) is 3.55. The lowest BCUT2D eigenvalue weighted by Gasteiger charge is -2.13. The molecule has 0 aliphatic carbocycles. The van der Waals surface area contributed by atoms with Crippen LogP contribution in [0.2, 0.25) is 10.0 Å². The zero-order valence-corrected chi connectivity index (χ0v) is 14.6. The van der Waals surface area contributed by atoms with Crippen LogP contribution in [0.4, 0.5) is 0 Å². The quantitative estimate of drug-likeness (QED) is 0.772. The molecule has 24 heavy (non-hydrogen) atoms. The second-order valence-corrected chi connectivity index (χ2v) is 6.39. The van der Waals surface area contributed by atoms with Crippen LogP contribution < -0.4 is 5.32 Å². The third kappa shape index (κ3) is 3.49. The van der Waals surface area contributed by atoms with Gasteiger partial charge in [-0.15, -0.1) is 5.10 Å². The number of carbonyl (C=O) groups excluding carboxylic acids is 1. The monoisotopic (exact) mass is 363 g/mol. The standard InChI is InChI=1S/C16H15Cl2N5O/c1-9(7-11-3-4-12(17)8-13(11)18)20-15(24)14-21-16-19-6-5-10(2)23(16)22-14/h3-6,8-9H,7H2,1-2H3,(H,20,24). The van der Waals surface area contributed by atoms with E-state index in [1.807, 2.05) is 19.9 Å². The lowest BCUT2D eigenvalue weighted by atomic mass is 10.1. The minimum Gasteiger partial charge on any atom is -0.346 e. The molecule has 0 radical (unpaired) electrons. The Morgan fingerprint density at radius 1 is 1.33 bits per heavy atom. The van der Waals surface area contributed by atoms with Crippen LogP contribution in [0.3, 0.4) is 0 Å². The second kappa shape index (κ2) is 6.75. The van der Waals surface area contributed by atoms with Gasteiger partial charge in [-0.25, -0.2) is 9.50 Å². The molecular formula is C16H15Cl2N5O. The molecule has 0 bridgehead atoms. The molecule has 2 aromatic heterocycles. The van der Waals surface area contributed by atoms with E-state index in [-0.39, 0.29) is 17.8 Å². The first-order valence-electron chi connectivity index (χ1n) is 7.37. The Labute approximate surface area is 148 Å². The van der Waals surface area contributed by atoms with Gasteiger partial charge in [-0.2, -0.15) is 4.98 Å². The Balaban J connectivity index is 1.72. The van der Waals surface area contributed by atoms with Gasteiger partial charge in [-0.05, 0) is 44.0 Å². The molecule has 2 heterocycles. The van der Waals surface area contributed by atoms with Crippen molar-refractivity contribution in [3.8, 4) is 0 Å². The highest BCUT2D eigenvalue weighted by atomic mass is 35.5. The summed E-state index contributed by atoms with van der Waals surface area (Å²) in [6, 6.07) is 6.97. The molecule has 3 aromatic rings. The molecule has 8 heteroatoms. The first-order valence-corrected chi connectivity index (χ1v) is 8.13. The van der Waals surface area contributed by atoms with Gasteiger partial charge in [-0.3, -0.25) is 4.79 Å². The Morgan fingerprint density at radius 2 is 2.12 bits per heavy atom. The number of amides is 1. The van der Waals surface area contributed by atoms with Crippen molar-refractivity contribution in [2.24, 2.45) is 0 Å². The van der Waals surface area contributed by atoms with E-state index in [2.05, 4.69) is 20.4 Å². The molecule has 6 nitrogen and oxygen atoms in total. The van der Waals surface area contributed by atoms with Crippen molar-refractivity contribution < 1.29 is 4.79 Å². The summed E-state index contributed by atoms with van der Waals surface area (Å²) in [5, 5.41) is 8.22. The van der Waals surface area contributed by atoms with Crippen LogP contribution in [0.15, 0.2) is 30.5 Å². The normalized spacial score (nSPS) is 12.3. The van der Waals surface area contributed by atoms with E-state index >= 15 is 0 Å². The van der Waals surface area contributed by atoms with Crippen LogP contribution in [0.1, 0.15) is 28.8 Å². The Bertz CT molecular complexity index is 909. The summed E-state index contributed by atoms with van der Waals surface area (Å²) in [7, 11) is 0. The number of fused-ring (bicyclic) bond motifs is 1. The molecule has 1 aromatic carbocycles. The molecule has 124 valence electrons. The summed E-state index contributed by atoms with van der Waals surface area (Å²) in [5.41, 5.74) is 1.77. The summed E-state index contributed by atoms with van der Waals surface area (Å²) < 4.78 is 1.54. The number of halogens is 2. The van der Waals surface area contributed by atoms with Crippen LogP contribution in [-0.4, -0.2) is 31.5 Å². The number of benzene rings is 1. The molecule has 1 atom stereocenters. The number of hydrogen-bond donors (Lipinski definition) is 1. The molecule has 0 saturated carbocycles. The number of hydrogen-bond acceptors (Lipinski definition) is 4. The fraction of sp³-hybridized carbons (Fsp3) is 0.250. The summed E-state index contributed by atoms with van der Waals surface area (Å²) in [6.45, 7) is 3.76. The maximum atomic E-state index is 12.3.